The number of benzene rings is 1. The summed E-state index contributed by atoms with van der Waals surface area (Å²) in [4.78, 5) is 15.2. The third-order valence-electron chi connectivity index (χ3n) is 5.84. The molecule has 1 atom stereocenters. The lowest BCUT2D eigenvalue weighted by atomic mass is 10.0. The summed E-state index contributed by atoms with van der Waals surface area (Å²) < 4.78 is 5.43. The summed E-state index contributed by atoms with van der Waals surface area (Å²) in [6.45, 7) is 8.55. The summed E-state index contributed by atoms with van der Waals surface area (Å²) in [5.74, 6) is 0. The number of fused-ring (bicyclic) bond motifs is 1. The summed E-state index contributed by atoms with van der Waals surface area (Å²) in [6.07, 6.45) is 2.67. The van der Waals surface area contributed by atoms with Crippen LogP contribution in [0.15, 0.2) is 44.9 Å². The fourth-order valence-electron chi connectivity index (χ4n) is 4.21. The Kier molecular flexibility index (Phi) is 5.43. The van der Waals surface area contributed by atoms with Crippen molar-refractivity contribution in [2.45, 2.75) is 39.3 Å². The van der Waals surface area contributed by atoms with Gasteiger partial charge in [-0.15, -0.1) is 11.3 Å². The first-order chi connectivity index (χ1) is 13.1. The molecule has 1 aliphatic rings. The number of hydrogen-bond donors (Lipinski definition) is 2. The second-order valence-electron chi connectivity index (χ2n) is 7.69. The molecule has 5 heteroatoms. The van der Waals surface area contributed by atoms with Crippen molar-refractivity contribution in [1.82, 2.24) is 0 Å². The molecule has 0 spiro atoms. The zero-order chi connectivity index (χ0) is 18.8. The maximum Gasteiger partial charge on any atom is 0.336 e. The first-order valence-electron chi connectivity index (χ1n) is 9.85. The minimum Gasteiger partial charge on any atom is -0.423 e. The lowest BCUT2D eigenvalue weighted by Gasteiger charge is -2.22. The highest BCUT2D eigenvalue weighted by molar-refractivity contribution is 7.10. The van der Waals surface area contributed by atoms with Crippen molar-refractivity contribution in [1.29, 1.82) is 0 Å². The Morgan fingerprint density at radius 1 is 1.19 bits per heavy atom. The van der Waals surface area contributed by atoms with E-state index in [0.29, 0.717) is 11.6 Å². The molecule has 0 radical (unpaired) electrons. The molecule has 4 rings (SSSR count). The van der Waals surface area contributed by atoms with Crippen LogP contribution in [0.5, 0.6) is 0 Å². The highest BCUT2D eigenvalue weighted by Gasteiger charge is 2.29. The van der Waals surface area contributed by atoms with Gasteiger partial charge in [0, 0.05) is 29.9 Å². The Hall–Kier alpha value is -1.95. The molecular formula is C22H28N2O2S+2. The predicted molar refractivity (Wildman–Crippen MR) is 109 cm³/mol. The Morgan fingerprint density at radius 2 is 1.96 bits per heavy atom. The van der Waals surface area contributed by atoms with Crippen LogP contribution in [0.1, 0.15) is 40.5 Å². The van der Waals surface area contributed by atoms with Gasteiger partial charge < -0.3 is 14.6 Å². The SMILES string of the molecule is Cc1cc2oc(=O)cc(C[NH2+]C[C@@H](c3cccs3)[NH+]3CCCC3)c2cc1C. The molecule has 1 aromatic carbocycles. The van der Waals surface area contributed by atoms with Crippen molar-refractivity contribution in [3.63, 3.8) is 0 Å². The Labute approximate surface area is 163 Å². The van der Waals surface area contributed by atoms with Gasteiger partial charge in [0.2, 0.25) is 0 Å². The second kappa shape index (κ2) is 7.97. The van der Waals surface area contributed by atoms with Crippen molar-refractivity contribution in [3.05, 3.63) is 67.7 Å². The molecule has 27 heavy (non-hydrogen) atoms. The van der Waals surface area contributed by atoms with E-state index in [1.54, 1.807) is 11.0 Å². The van der Waals surface area contributed by atoms with E-state index in [-0.39, 0.29) is 5.63 Å². The molecule has 142 valence electrons. The highest BCUT2D eigenvalue weighted by atomic mass is 32.1. The van der Waals surface area contributed by atoms with Gasteiger partial charge in [0.15, 0.2) is 6.04 Å². The minimum absolute atomic E-state index is 0.255. The number of nitrogens with one attached hydrogen (secondary N) is 1. The van der Waals surface area contributed by atoms with Crippen molar-refractivity contribution in [2.75, 3.05) is 19.6 Å². The minimum atomic E-state index is -0.255. The van der Waals surface area contributed by atoms with E-state index in [9.17, 15) is 4.79 Å². The number of aryl methyl sites for hydroxylation is 2. The zero-order valence-corrected chi connectivity index (χ0v) is 16.9. The van der Waals surface area contributed by atoms with E-state index in [1.807, 2.05) is 17.4 Å². The summed E-state index contributed by atoms with van der Waals surface area (Å²) in [6, 6.07) is 10.8. The first-order valence-corrected chi connectivity index (χ1v) is 10.7. The summed E-state index contributed by atoms with van der Waals surface area (Å²) in [5, 5.41) is 5.60. The van der Waals surface area contributed by atoms with Gasteiger partial charge in [-0.2, -0.15) is 0 Å². The molecule has 3 aromatic rings. The van der Waals surface area contributed by atoms with Crippen molar-refractivity contribution in [2.24, 2.45) is 0 Å². The standard InChI is InChI=1S/C22H26N2O2S/c1-15-10-18-17(12-22(25)26-20(18)11-16(15)2)13-23-14-19(21-6-5-9-27-21)24-7-3-4-8-24/h5-6,9-12,19,23H,3-4,7-8,13-14H2,1-2H3/p+2/t19-/m0/s1. The summed E-state index contributed by atoms with van der Waals surface area (Å²) >= 11 is 1.87. The molecule has 4 nitrogen and oxygen atoms in total. The van der Waals surface area contributed by atoms with E-state index in [1.165, 1.54) is 36.4 Å². The van der Waals surface area contributed by atoms with Crippen LogP contribution >= 0.6 is 11.3 Å². The van der Waals surface area contributed by atoms with Crippen LogP contribution in [0.4, 0.5) is 0 Å². The number of quaternary nitrogens is 2. The van der Waals surface area contributed by atoms with Crippen LogP contribution in [0.25, 0.3) is 11.0 Å². The van der Waals surface area contributed by atoms with Crippen molar-refractivity contribution < 1.29 is 14.6 Å². The number of hydrogen-bond acceptors (Lipinski definition) is 3. The predicted octanol–water partition coefficient (Wildman–Crippen LogP) is 1.95. The molecule has 0 saturated carbocycles. The molecule has 0 aliphatic carbocycles. The molecule has 1 saturated heterocycles. The van der Waals surface area contributed by atoms with E-state index >= 15 is 0 Å². The highest BCUT2D eigenvalue weighted by Crippen LogP contribution is 2.21. The van der Waals surface area contributed by atoms with Crippen molar-refractivity contribution >= 4 is 22.3 Å². The van der Waals surface area contributed by atoms with Crippen LogP contribution in [-0.4, -0.2) is 19.6 Å². The maximum atomic E-state index is 12.0. The van der Waals surface area contributed by atoms with Crippen LogP contribution in [-0.2, 0) is 6.54 Å². The lowest BCUT2D eigenvalue weighted by molar-refractivity contribution is -0.934. The van der Waals surface area contributed by atoms with Crippen LogP contribution < -0.4 is 15.8 Å². The Bertz CT molecular complexity index is 972. The number of rotatable bonds is 6. The third-order valence-corrected chi connectivity index (χ3v) is 6.82. The van der Waals surface area contributed by atoms with E-state index in [4.69, 9.17) is 4.42 Å². The average Bonchev–Trinajstić information content (AvgIpc) is 3.34. The van der Waals surface area contributed by atoms with Gasteiger partial charge in [0.05, 0.1) is 18.0 Å². The summed E-state index contributed by atoms with van der Waals surface area (Å²) in [7, 11) is 0. The monoisotopic (exact) mass is 384 g/mol. The van der Waals surface area contributed by atoms with Gasteiger partial charge >= 0.3 is 5.63 Å². The van der Waals surface area contributed by atoms with Gasteiger partial charge in [0.25, 0.3) is 0 Å². The molecule has 3 N–H and O–H groups in total. The molecule has 1 fully saturated rings. The molecule has 0 unspecified atom stereocenters. The second-order valence-corrected chi connectivity index (χ2v) is 8.66. The molecule has 1 aliphatic heterocycles. The maximum absolute atomic E-state index is 12.0. The third kappa shape index (κ3) is 4.00. The number of likely N-dealkylation sites (tertiary alicyclic amines) is 1. The number of thiophene rings is 1. The van der Waals surface area contributed by atoms with Gasteiger partial charge in [-0.05, 0) is 48.6 Å². The van der Waals surface area contributed by atoms with Gasteiger partial charge in [-0.3, -0.25) is 0 Å². The normalized spacial score (nSPS) is 16.2. The van der Waals surface area contributed by atoms with Gasteiger partial charge in [-0.1, -0.05) is 6.07 Å². The van der Waals surface area contributed by atoms with Crippen LogP contribution in [0.3, 0.4) is 0 Å². The fourth-order valence-corrected chi connectivity index (χ4v) is 5.11. The van der Waals surface area contributed by atoms with E-state index in [0.717, 1.165) is 29.6 Å². The van der Waals surface area contributed by atoms with Gasteiger partial charge in [-0.25, -0.2) is 4.79 Å². The molecule has 2 aromatic heterocycles. The van der Waals surface area contributed by atoms with E-state index < -0.39 is 0 Å². The van der Waals surface area contributed by atoms with E-state index in [2.05, 4.69) is 42.7 Å². The quantitative estimate of drug-likeness (QED) is 0.639. The molecule has 0 amide bonds. The molecule has 3 heterocycles. The first kappa shape index (κ1) is 18.4. The van der Waals surface area contributed by atoms with Crippen molar-refractivity contribution in [3.8, 4) is 0 Å². The Balaban J connectivity index is 1.54. The number of nitrogens with two attached hydrogens (primary N) is 1. The molecule has 0 bridgehead atoms. The van der Waals surface area contributed by atoms with Crippen LogP contribution in [0, 0.1) is 13.8 Å². The smallest absolute Gasteiger partial charge is 0.336 e. The fraction of sp³-hybridized carbons (Fsp3) is 0.409. The zero-order valence-electron chi connectivity index (χ0n) is 16.1. The largest absolute Gasteiger partial charge is 0.423 e. The Morgan fingerprint density at radius 3 is 2.70 bits per heavy atom. The van der Waals surface area contributed by atoms with Gasteiger partial charge in [0.1, 0.15) is 18.7 Å². The lowest BCUT2D eigenvalue weighted by Crippen LogP contribution is -3.13. The average molecular weight is 385 g/mol. The topological polar surface area (TPSA) is 51.3 Å². The van der Waals surface area contributed by atoms with Crippen LogP contribution in [0.2, 0.25) is 0 Å². The summed E-state index contributed by atoms with van der Waals surface area (Å²) in [5.41, 5.74) is 3.91. The molecular weight excluding hydrogens is 356 g/mol.